The lowest BCUT2D eigenvalue weighted by molar-refractivity contribution is -0.128. The number of carbonyl (C=O) groups is 2. The van der Waals surface area contributed by atoms with Crippen LogP contribution in [-0.4, -0.2) is 49.6 Å². The van der Waals surface area contributed by atoms with E-state index in [1.54, 1.807) is 6.20 Å². The highest BCUT2D eigenvalue weighted by Gasteiger charge is 2.21. The second-order valence-electron chi connectivity index (χ2n) is 6.61. The molecule has 0 aromatic carbocycles. The Morgan fingerprint density at radius 3 is 2.60 bits per heavy atom. The molecule has 0 atom stereocenters. The molecule has 1 aromatic heterocycles. The Labute approximate surface area is 148 Å². The standard InChI is InChI=1S/C18H26N4O3/c23-17(13-20-18(24)14-4-2-1-3-5-14)21-15-6-7-16(19-12-15)22-8-10-25-11-9-22/h6-7,12,14H,1-5,8-11,13H2,(H,20,24)(H,21,23). The van der Waals surface area contributed by atoms with Crippen molar-refractivity contribution in [1.82, 2.24) is 10.3 Å². The Morgan fingerprint density at radius 1 is 1.16 bits per heavy atom. The number of morpholine rings is 1. The maximum atomic E-state index is 12.1. The van der Waals surface area contributed by atoms with Crippen LogP contribution in [0.5, 0.6) is 0 Å². The van der Waals surface area contributed by atoms with Crippen molar-refractivity contribution >= 4 is 23.3 Å². The molecule has 0 radical (unpaired) electrons. The van der Waals surface area contributed by atoms with Gasteiger partial charge in [0.1, 0.15) is 5.82 Å². The maximum Gasteiger partial charge on any atom is 0.243 e. The Morgan fingerprint density at radius 2 is 1.92 bits per heavy atom. The molecule has 2 fully saturated rings. The predicted molar refractivity (Wildman–Crippen MR) is 95.5 cm³/mol. The van der Waals surface area contributed by atoms with E-state index in [2.05, 4.69) is 20.5 Å². The average molecular weight is 346 g/mol. The molecule has 1 aromatic rings. The SMILES string of the molecule is O=C(CNC(=O)C1CCCCC1)Nc1ccc(N2CCOCC2)nc1. The molecule has 1 saturated heterocycles. The molecule has 3 rings (SSSR count). The number of pyridine rings is 1. The molecule has 2 aliphatic rings. The fourth-order valence-corrected chi connectivity index (χ4v) is 3.32. The van der Waals surface area contributed by atoms with Crippen molar-refractivity contribution in [2.75, 3.05) is 43.1 Å². The van der Waals surface area contributed by atoms with Gasteiger partial charge in [-0.1, -0.05) is 19.3 Å². The van der Waals surface area contributed by atoms with Crippen LogP contribution in [0.2, 0.25) is 0 Å². The summed E-state index contributed by atoms with van der Waals surface area (Å²) in [7, 11) is 0. The quantitative estimate of drug-likeness (QED) is 0.845. The van der Waals surface area contributed by atoms with Crippen LogP contribution in [0.3, 0.4) is 0 Å². The van der Waals surface area contributed by atoms with Crippen molar-refractivity contribution in [1.29, 1.82) is 0 Å². The topological polar surface area (TPSA) is 83.6 Å². The first kappa shape index (κ1) is 17.7. The maximum absolute atomic E-state index is 12.1. The molecular weight excluding hydrogens is 320 g/mol. The summed E-state index contributed by atoms with van der Waals surface area (Å²) in [5, 5.41) is 5.51. The molecule has 7 nitrogen and oxygen atoms in total. The minimum Gasteiger partial charge on any atom is -0.378 e. The van der Waals surface area contributed by atoms with Gasteiger partial charge in [-0.2, -0.15) is 0 Å². The van der Waals surface area contributed by atoms with E-state index in [0.29, 0.717) is 18.9 Å². The number of carbonyl (C=O) groups excluding carboxylic acids is 2. The number of amides is 2. The molecule has 0 unspecified atom stereocenters. The molecular formula is C18H26N4O3. The molecule has 136 valence electrons. The average Bonchev–Trinajstić information content (AvgIpc) is 2.68. The molecule has 2 N–H and O–H groups in total. The van der Waals surface area contributed by atoms with Gasteiger partial charge in [-0.25, -0.2) is 4.98 Å². The lowest BCUT2D eigenvalue weighted by Crippen LogP contribution is -2.37. The zero-order valence-corrected chi connectivity index (χ0v) is 14.5. The van der Waals surface area contributed by atoms with Crippen LogP contribution in [-0.2, 0) is 14.3 Å². The third-order valence-electron chi connectivity index (χ3n) is 4.77. The Hall–Kier alpha value is -2.15. The summed E-state index contributed by atoms with van der Waals surface area (Å²) >= 11 is 0. The van der Waals surface area contributed by atoms with Gasteiger partial charge in [0.25, 0.3) is 0 Å². The molecule has 2 heterocycles. The summed E-state index contributed by atoms with van der Waals surface area (Å²) in [6, 6.07) is 3.72. The van der Waals surface area contributed by atoms with Gasteiger partial charge >= 0.3 is 0 Å². The third-order valence-corrected chi connectivity index (χ3v) is 4.77. The van der Waals surface area contributed by atoms with Crippen LogP contribution in [0, 0.1) is 5.92 Å². The van der Waals surface area contributed by atoms with Crippen LogP contribution >= 0.6 is 0 Å². The fraction of sp³-hybridized carbons (Fsp3) is 0.611. The molecule has 7 heteroatoms. The zero-order chi connectivity index (χ0) is 17.5. The number of hydrogen-bond donors (Lipinski definition) is 2. The van der Waals surface area contributed by atoms with Gasteiger partial charge < -0.3 is 20.3 Å². The van der Waals surface area contributed by atoms with Gasteiger partial charge in [0.15, 0.2) is 0 Å². The highest BCUT2D eigenvalue weighted by molar-refractivity contribution is 5.94. The number of hydrogen-bond acceptors (Lipinski definition) is 5. The lowest BCUT2D eigenvalue weighted by Gasteiger charge is -2.27. The summed E-state index contributed by atoms with van der Waals surface area (Å²) in [5.41, 5.74) is 0.633. The van der Waals surface area contributed by atoms with Gasteiger partial charge in [-0.05, 0) is 25.0 Å². The van der Waals surface area contributed by atoms with Crippen LogP contribution in [0.15, 0.2) is 18.3 Å². The highest BCUT2D eigenvalue weighted by Crippen LogP contribution is 2.23. The van der Waals surface area contributed by atoms with Crippen LogP contribution in [0.1, 0.15) is 32.1 Å². The van der Waals surface area contributed by atoms with Crippen molar-refractivity contribution in [2.24, 2.45) is 5.92 Å². The molecule has 1 aliphatic heterocycles. The van der Waals surface area contributed by atoms with Gasteiger partial charge in [0, 0.05) is 19.0 Å². The van der Waals surface area contributed by atoms with Crippen molar-refractivity contribution in [2.45, 2.75) is 32.1 Å². The van der Waals surface area contributed by atoms with E-state index in [9.17, 15) is 9.59 Å². The van der Waals surface area contributed by atoms with Crippen LogP contribution < -0.4 is 15.5 Å². The number of rotatable bonds is 5. The third kappa shape index (κ3) is 5.16. The first-order valence-corrected chi connectivity index (χ1v) is 9.09. The van der Waals surface area contributed by atoms with Crippen molar-refractivity contribution < 1.29 is 14.3 Å². The van der Waals surface area contributed by atoms with E-state index >= 15 is 0 Å². The Bertz CT molecular complexity index is 578. The number of nitrogens with one attached hydrogen (secondary N) is 2. The number of ether oxygens (including phenoxy) is 1. The van der Waals surface area contributed by atoms with Crippen molar-refractivity contribution in [3.63, 3.8) is 0 Å². The summed E-state index contributed by atoms with van der Waals surface area (Å²) in [4.78, 5) is 30.6. The molecule has 25 heavy (non-hydrogen) atoms. The van der Waals surface area contributed by atoms with Gasteiger partial charge in [0.2, 0.25) is 11.8 Å². The minimum absolute atomic E-state index is 0.000544. The Kier molecular flexibility index (Phi) is 6.22. The first-order chi connectivity index (χ1) is 12.2. The summed E-state index contributed by atoms with van der Waals surface area (Å²) in [6.07, 6.45) is 6.92. The van der Waals surface area contributed by atoms with Gasteiger partial charge in [-0.3, -0.25) is 9.59 Å². The lowest BCUT2D eigenvalue weighted by atomic mass is 9.89. The van der Waals surface area contributed by atoms with E-state index in [1.807, 2.05) is 12.1 Å². The van der Waals surface area contributed by atoms with Crippen molar-refractivity contribution in [3.05, 3.63) is 18.3 Å². The number of aromatic nitrogens is 1. The molecule has 1 saturated carbocycles. The summed E-state index contributed by atoms with van der Waals surface area (Å²) in [5.74, 6) is 0.712. The normalized spacial score (nSPS) is 18.6. The second-order valence-corrected chi connectivity index (χ2v) is 6.61. The van der Waals surface area contributed by atoms with Gasteiger partial charge in [-0.15, -0.1) is 0 Å². The Balaban J connectivity index is 1.43. The van der Waals surface area contributed by atoms with Crippen LogP contribution in [0.25, 0.3) is 0 Å². The summed E-state index contributed by atoms with van der Waals surface area (Å²) in [6.45, 7) is 3.07. The smallest absolute Gasteiger partial charge is 0.243 e. The largest absolute Gasteiger partial charge is 0.378 e. The van der Waals surface area contributed by atoms with Crippen molar-refractivity contribution in [3.8, 4) is 0 Å². The second kappa shape index (κ2) is 8.80. The molecule has 1 aliphatic carbocycles. The van der Waals surface area contributed by atoms with E-state index in [1.165, 1.54) is 6.42 Å². The van der Waals surface area contributed by atoms with E-state index in [0.717, 1.165) is 44.6 Å². The van der Waals surface area contributed by atoms with E-state index in [-0.39, 0.29) is 24.3 Å². The zero-order valence-electron chi connectivity index (χ0n) is 14.5. The first-order valence-electron chi connectivity index (χ1n) is 9.09. The summed E-state index contributed by atoms with van der Waals surface area (Å²) < 4.78 is 5.33. The fourth-order valence-electron chi connectivity index (χ4n) is 3.32. The highest BCUT2D eigenvalue weighted by atomic mass is 16.5. The van der Waals surface area contributed by atoms with Gasteiger partial charge in [0.05, 0.1) is 31.6 Å². The minimum atomic E-state index is -0.231. The molecule has 2 amide bonds. The molecule has 0 bridgehead atoms. The monoisotopic (exact) mass is 346 g/mol. The number of anilines is 2. The molecule has 0 spiro atoms. The van der Waals surface area contributed by atoms with Crippen LogP contribution in [0.4, 0.5) is 11.5 Å². The van der Waals surface area contributed by atoms with E-state index in [4.69, 9.17) is 4.74 Å². The van der Waals surface area contributed by atoms with E-state index < -0.39 is 0 Å². The predicted octanol–water partition coefficient (Wildman–Crippen LogP) is 1.55. The number of nitrogens with zero attached hydrogens (tertiary/aromatic N) is 2.